The summed E-state index contributed by atoms with van der Waals surface area (Å²) in [7, 11) is 2.05. The highest BCUT2D eigenvalue weighted by Crippen LogP contribution is 2.07. The minimum atomic E-state index is 1.20. The number of pyridine rings is 1. The quantitative estimate of drug-likeness (QED) is 0.671. The van der Waals surface area contributed by atoms with Crippen LogP contribution in [0.2, 0.25) is 0 Å². The fourth-order valence-corrected chi connectivity index (χ4v) is 1.67. The number of rotatable bonds is 2. The Morgan fingerprint density at radius 2 is 1.88 bits per heavy atom. The van der Waals surface area contributed by atoms with Crippen LogP contribution in [0.1, 0.15) is 16.8 Å². The van der Waals surface area contributed by atoms with E-state index < -0.39 is 0 Å². The molecule has 16 heavy (non-hydrogen) atoms. The van der Waals surface area contributed by atoms with Crippen LogP contribution < -0.4 is 4.57 Å². The van der Waals surface area contributed by atoms with Gasteiger partial charge in [0.25, 0.3) is 0 Å². The summed E-state index contributed by atoms with van der Waals surface area (Å²) in [6, 6.07) is 14.7. The summed E-state index contributed by atoms with van der Waals surface area (Å²) >= 11 is 0. The number of hydrogen-bond acceptors (Lipinski definition) is 0. The van der Waals surface area contributed by atoms with Gasteiger partial charge in [0.1, 0.15) is 7.05 Å². The van der Waals surface area contributed by atoms with E-state index in [2.05, 4.69) is 73.3 Å². The van der Waals surface area contributed by atoms with E-state index in [0.717, 1.165) is 0 Å². The molecule has 0 fully saturated rings. The van der Waals surface area contributed by atoms with Gasteiger partial charge in [0.05, 0.1) is 0 Å². The SMILES string of the molecule is Cc1cccc(/C=C/c2cccc[n+]2C)c1. The van der Waals surface area contributed by atoms with Crippen molar-refractivity contribution in [3.8, 4) is 0 Å². The molecule has 1 nitrogen and oxygen atoms in total. The zero-order valence-electron chi connectivity index (χ0n) is 9.72. The summed E-state index contributed by atoms with van der Waals surface area (Å²) in [6.45, 7) is 2.11. The zero-order chi connectivity index (χ0) is 11.4. The van der Waals surface area contributed by atoms with Gasteiger partial charge < -0.3 is 0 Å². The fraction of sp³-hybridized carbons (Fsp3) is 0.133. The van der Waals surface area contributed by atoms with Gasteiger partial charge in [-0.05, 0) is 24.6 Å². The van der Waals surface area contributed by atoms with E-state index in [9.17, 15) is 0 Å². The average molecular weight is 210 g/mol. The molecule has 0 radical (unpaired) electrons. The monoisotopic (exact) mass is 210 g/mol. The van der Waals surface area contributed by atoms with Crippen LogP contribution in [0, 0.1) is 6.92 Å². The number of hydrogen-bond donors (Lipinski definition) is 0. The van der Waals surface area contributed by atoms with Crippen LogP contribution in [-0.4, -0.2) is 0 Å². The van der Waals surface area contributed by atoms with Crippen molar-refractivity contribution >= 4 is 12.2 Å². The van der Waals surface area contributed by atoms with E-state index in [4.69, 9.17) is 0 Å². The largest absolute Gasteiger partial charge is 0.204 e. The van der Waals surface area contributed by atoms with Crippen molar-refractivity contribution in [2.75, 3.05) is 0 Å². The van der Waals surface area contributed by atoms with E-state index in [1.165, 1.54) is 16.8 Å². The predicted octanol–water partition coefficient (Wildman–Crippen LogP) is 2.99. The molecular formula is C15H16N+. The molecule has 0 unspecified atom stereocenters. The first-order chi connectivity index (χ1) is 7.75. The molecule has 80 valence electrons. The zero-order valence-corrected chi connectivity index (χ0v) is 9.72. The van der Waals surface area contributed by atoms with Crippen molar-refractivity contribution in [1.29, 1.82) is 0 Å². The fourth-order valence-electron chi connectivity index (χ4n) is 1.67. The standard InChI is InChI=1S/C15H16N/c1-13-6-5-7-14(12-13)9-10-15-8-3-4-11-16(15)2/h3-12H,1-2H3/q+1/b10-9+. The molecule has 0 saturated carbocycles. The molecule has 2 aromatic rings. The Morgan fingerprint density at radius 3 is 2.62 bits per heavy atom. The molecule has 0 saturated heterocycles. The molecule has 0 N–H and O–H groups in total. The molecule has 1 aromatic carbocycles. The highest BCUT2D eigenvalue weighted by Gasteiger charge is 1.98. The topological polar surface area (TPSA) is 3.88 Å². The molecule has 0 spiro atoms. The third-order valence-corrected chi connectivity index (χ3v) is 2.58. The first-order valence-electron chi connectivity index (χ1n) is 5.45. The molecule has 1 heterocycles. The number of nitrogens with zero attached hydrogens (tertiary/aromatic N) is 1. The van der Waals surface area contributed by atoms with E-state index in [-0.39, 0.29) is 0 Å². The maximum Gasteiger partial charge on any atom is 0.204 e. The van der Waals surface area contributed by atoms with Gasteiger partial charge in [0.2, 0.25) is 5.69 Å². The van der Waals surface area contributed by atoms with Crippen LogP contribution in [0.4, 0.5) is 0 Å². The van der Waals surface area contributed by atoms with Crippen molar-refractivity contribution in [2.45, 2.75) is 6.92 Å². The highest BCUT2D eigenvalue weighted by molar-refractivity contribution is 5.67. The summed E-state index contributed by atoms with van der Waals surface area (Å²) in [5.74, 6) is 0. The van der Waals surface area contributed by atoms with Gasteiger partial charge in [-0.3, -0.25) is 0 Å². The summed E-state index contributed by atoms with van der Waals surface area (Å²) in [5, 5.41) is 0. The van der Waals surface area contributed by atoms with Gasteiger partial charge in [0, 0.05) is 18.2 Å². The van der Waals surface area contributed by atoms with E-state index >= 15 is 0 Å². The minimum Gasteiger partial charge on any atom is -0.202 e. The third kappa shape index (κ3) is 2.57. The Morgan fingerprint density at radius 1 is 1.00 bits per heavy atom. The lowest BCUT2D eigenvalue weighted by Crippen LogP contribution is -2.30. The summed E-state index contributed by atoms with van der Waals surface area (Å²) in [6.07, 6.45) is 6.33. The molecular weight excluding hydrogens is 194 g/mol. The van der Waals surface area contributed by atoms with Gasteiger partial charge in [-0.1, -0.05) is 29.8 Å². The lowest BCUT2D eigenvalue weighted by molar-refractivity contribution is -0.673. The van der Waals surface area contributed by atoms with Crippen LogP contribution in [0.3, 0.4) is 0 Å². The smallest absolute Gasteiger partial charge is 0.202 e. The summed E-state index contributed by atoms with van der Waals surface area (Å²) in [4.78, 5) is 0. The third-order valence-electron chi connectivity index (χ3n) is 2.58. The van der Waals surface area contributed by atoms with Crippen LogP contribution in [0.25, 0.3) is 12.2 Å². The van der Waals surface area contributed by atoms with E-state index in [1.54, 1.807) is 0 Å². The molecule has 2 rings (SSSR count). The van der Waals surface area contributed by atoms with Gasteiger partial charge >= 0.3 is 0 Å². The Hall–Kier alpha value is -1.89. The number of benzene rings is 1. The average Bonchev–Trinajstić information content (AvgIpc) is 2.28. The van der Waals surface area contributed by atoms with Crippen molar-refractivity contribution in [1.82, 2.24) is 0 Å². The summed E-state index contributed by atoms with van der Waals surface area (Å²) < 4.78 is 2.10. The first-order valence-corrected chi connectivity index (χ1v) is 5.45. The van der Waals surface area contributed by atoms with E-state index in [1.807, 2.05) is 6.07 Å². The number of aromatic nitrogens is 1. The molecule has 0 aliphatic heterocycles. The Bertz CT molecular complexity index is 512. The minimum absolute atomic E-state index is 1.20. The lowest BCUT2D eigenvalue weighted by atomic mass is 10.1. The van der Waals surface area contributed by atoms with Crippen molar-refractivity contribution in [3.63, 3.8) is 0 Å². The van der Waals surface area contributed by atoms with Crippen LogP contribution >= 0.6 is 0 Å². The molecule has 1 aromatic heterocycles. The maximum absolute atomic E-state index is 2.18. The van der Waals surface area contributed by atoms with E-state index in [0.29, 0.717) is 0 Å². The van der Waals surface area contributed by atoms with Crippen molar-refractivity contribution in [3.05, 3.63) is 65.5 Å². The predicted molar refractivity (Wildman–Crippen MR) is 67.7 cm³/mol. The Kier molecular flexibility index (Phi) is 3.16. The maximum atomic E-state index is 2.18. The molecule has 0 atom stereocenters. The Balaban J connectivity index is 2.25. The first kappa shape index (κ1) is 10.6. The summed E-state index contributed by atoms with van der Waals surface area (Å²) in [5.41, 5.74) is 3.73. The van der Waals surface area contributed by atoms with Gasteiger partial charge in [-0.25, -0.2) is 4.57 Å². The second-order valence-electron chi connectivity index (χ2n) is 3.98. The molecule has 0 aliphatic rings. The molecule has 0 aliphatic carbocycles. The molecule has 0 bridgehead atoms. The Labute approximate surface area is 96.7 Å². The molecule has 0 amide bonds. The normalized spacial score (nSPS) is 10.9. The highest BCUT2D eigenvalue weighted by atomic mass is 14.9. The van der Waals surface area contributed by atoms with Crippen molar-refractivity contribution in [2.24, 2.45) is 7.05 Å². The molecule has 1 heteroatoms. The van der Waals surface area contributed by atoms with Gasteiger partial charge in [-0.2, -0.15) is 0 Å². The number of aryl methyl sites for hydroxylation is 2. The second kappa shape index (κ2) is 4.75. The van der Waals surface area contributed by atoms with Crippen LogP contribution in [-0.2, 0) is 7.05 Å². The van der Waals surface area contributed by atoms with Crippen LogP contribution in [0.15, 0.2) is 48.7 Å². The second-order valence-corrected chi connectivity index (χ2v) is 3.98. The van der Waals surface area contributed by atoms with Gasteiger partial charge in [0.15, 0.2) is 6.20 Å². The lowest BCUT2D eigenvalue weighted by Gasteiger charge is -1.95. The van der Waals surface area contributed by atoms with Crippen LogP contribution in [0.5, 0.6) is 0 Å². The van der Waals surface area contributed by atoms with Gasteiger partial charge in [-0.15, -0.1) is 0 Å². The van der Waals surface area contributed by atoms with Crippen molar-refractivity contribution < 1.29 is 4.57 Å².